The third-order valence-electron chi connectivity index (χ3n) is 16.4. The number of hydrogen-bond donors (Lipinski definition) is 3. The maximum absolute atomic E-state index is 17.3. The Labute approximate surface area is 496 Å². The van der Waals surface area contributed by atoms with E-state index in [4.69, 9.17) is 14.2 Å². The normalized spacial score (nSPS) is 20.2. The predicted molar refractivity (Wildman–Crippen MR) is 326 cm³/mol. The Hall–Kier alpha value is -7.38. The van der Waals surface area contributed by atoms with Crippen LogP contribution in [-0.2, 0) is 52.7 Å². The number of rotatable bonds is 30. The standard InChI is InChI=1S/C72H84O12/c1-7-13-19-49-25-37-55(38-26-49)62(74)70(82-67(79)58-43-31-52(32-44-58)22-16-10-4)65(77)61(73)66(78)71(63(75)56-39-27-50(28-40-56)20-14-8-2,83-68(80)59-45-33-53(34-46-59)23-17-11-5)72(70,64(76)57-41-29-51(30-42-57)21-15-9-3)84-69(81)60-47-35-54(36-48-60)24-18-12-6/h25-48,61,65-66,73,77-78H,7-24H2,1-6H3/t61-,65-,66+,70+,71-,72-. The smallest absolute Gasteiger partial charge is 0.339 e. The molecule has 0 heterocycles. The fraction of sp³-hybridized carbons (Fsp3) is 0.417. The second-order valence-corrected chi connectivity index (χ2v) is 22.5. The second-order valence-electron chi connectivity index (χ2n) is 22.5. The van der Waals surface area contributed by atoms with Crippen LogP contribution in [0.25, 0.3) is 0 Å². The first-order chi connectivity index (χ1) is 40.6. The van der Waals surface area contributed by atoms with Gasteiger partial charge in [0.05, 0.1) is 16.7 Å². The van der Waals surface area contributed by atoms with Gasteiger partial charge in [-0.3, -0.25) is 14.4 Å². The van der Waals surface area contributed by atoms with Crippen molar-refractivity contribution in [1.29, 1.82) is 0 Å². The Morgan fingerprint density at radius 3 is 0.738 bits per heavy atom. The molecule has 1 fully saturated rings. The quantitative estimate of drug-likeness (QED) is 0.0220. The first-order valence-corrected chi connectivity index (χ1v) is 30.5. The van der Waals surface area contributed by atoms with E-state index in [9.17, 15) is 15.3 Å². The van der Waals surface area contributed by atoms with Crippen molar-refractivity contribution < 1.29 is 58.3 Å². The number of carbonyl (C=O) groups excluding carboxylic acids is 6. The Kier molecular flexibility index (Phi) is 22.9. The van der Waals surface area contributed by atoms with Gasteiger partial charge >= 0.3 is 17.9 Å². The maximum atomic E-state index is 17.3. The van der Waals surface area contributed by atoms with Gasteiger partial charge in [-0.05, 0) is 147 Å². The number of Topliss-reactive ketones (excluding diaryl/α,β-unsaturated/α-hetero) is 3. The molecule has 1 aliphatic rings. The molecule has 1 saturated carbocycles. The minimum atomic E-state index is -4.00. The molecule has 7 rings (SSSR count). The Balaban J connectivity index is 1.68. The van der Waals surface area contributed by atoms with Crippen LogP contribution in [0.3, 0.4) is 0 Å². The molecule has 12 nitrogen and oxygen atoms in total. The molecule has 3 N–H and O–H groups in total. The molecule has 0 spiro atoms. The maximum Gasteiger partial charge on any atom is 0.339 e. The number of carbonyl (C=O) groups is 6. The molecule has 1 aliphatic carbocycles. The van der Waals surface area contributed by atoms with E-state index in [1.165, 1.54) is 72.8 Å². The summed E-state index contributed by atoms with van der Waals surface area (Å²) in [6.45, 7) is 12.2. The van der Waals surface area contributed by atoms with Crippen LogP contribution in [0.15, 0.2) is 146 Å². The monoisotopic (exact) mass is 1140 g/mol. The molecule has 444 valence electrons. The minimum absolute atomic E-state index is 0.208. The van der Waals surface area contributed by atoms with Crippen LogP contribution in [0.4, 0.5) is 0 Å². The topological polar surface area (TPSA) is 191 Å². The average Bonchev–Trinajstić information content (AvgIpc) is 0.679. The van der Waals surface area contributed by atoms with Crippen molar-refractivity contribution in [3.63, 3.8) is 0 Å². The molecular formula is C72H84O12. The highest BCUT2D eigenvalue weighted by Gasteiger charge is 2.88. The summed E-state index contributed by atoms with van der Waals surface area (Å²) in [5, 5.41) is 39.8. The van der Waals surface area contributed by atoms with Crippen LogP contribution >= 0.6 is 0 Å². The number of aliphatic hydroxyl groups excluding tert-OH is 3. The van der Waals surface area contributed by atoms with Crippen LogP contribution in [0.1, 0.15) is 214 Å². The van der Waals surface area contributed by atoms with Gasteiger partial charge in [0.15, 0.2) is 0 Å². The summed E-state index contributed by atoms with van der Waals surface area (Å²) in [6.07, 6.45) is 5.13. The molecule has 0 amide bonds. The van der Waals surface area contributed by atoms with Gasteiger partial charge in [0.2, 0.25) is 17.3 Å². The van der Waals surface area contributed by atoms with E-state index in [2.05, 4.69) is 0 Å². The molecule has 0 unspecified atom stereocenters. The molecule has 0 aliphatic heterocycles. The lowest BCUT2D eigenvalue weighted by atomic mass is 9.52. The van der Waals surface area contributed by atoms with E-state index in [1.807, 2.05) is 41.5 Å². The first kappa shape index (κ1) is 64.2. The number of aryl methyl sites for hydroxylation is 6. The number of hydrogen-bond acceptors (Lipinski definition) is 12. The summed E-state index contributed by atoms with van der Waals surface area (Å²) in [5.74, 6) is -8.51. The van der Waals surface area contributed by atoms with Gasteiger partial charge < -0.3 is 29.5 Å². The van der Waals surface area contributed by atoms with E-state index in [-0.39, 0.29) is 33.4 Å². The van der Waals surface area contributed by atoms with E-state index < -0.39 is 70.4 Å². The molecule has 0 aromatic heterocycles. The van der Waals surface area contributed by atoms with Gasteiger partial charge in [0.25, 0.3) is 16.8 Å². The van der Waals surface area contributed by atoms with Crippen molar-refractivity contribution in [2.75, 3.05) is 0 Å². The highest BCUT2D eigenvalue weighted by Crippen LogP contribution is 2.56. The van der Waals surface area contributed by atoms with Crippen LogP contribution in [0.5, 0.6) is 0 Å². The molecule has 0 bridgehead atoms. The van der Waals surface area contributed by atoms with Gasteiger partial charge in [0, 0.05) is 16.7 Å². The number of aliphatic hydroxyl groups is 3. The molecule has 0 saturated heterocycles. The average molecular weight is 1140 g/mol. The van der Waals surface area contributed by atoms with Crippen molar-refractivity contribution in [3.8, 4) is 0 Å². The lowest BCUT2D eigenvalue weighted by Crippen LogP contribution is -2.91. The van der Waals surface area contributed by atoms with Crippen molar-refractivity contribution >= 4 is 35.3 Å². The third kappa shape index (κ3) is 13.7. The molecule has 6 aromatic rings. The van der Waals surface area contributed by atoms with Crippen molar-refractivity contribution in [2.45, 2.75) is 192 Å². The highest BCUT2D eigenvalue weighted by atomic mass is 16.7. The number of ether oxygens (including phenoxy) is 3. The molecule has 12 heteroatoms. The highest BCUT2D eigenvalue weighted by molar-refractivity contribution is 6.21. The fourth-order valence-corrected chi connectivity index (χ4v) is 11.2. The number of esters is 3. The molecule has 0 radical (unpaired) electrons. The summed E-state index contributed by atoms with van der Waals surface area (Å²) in [7, 11) is 0. The lowest BCUT2D eigenvalue weighted by molar-refractivity contribution is -0.293. The Morgan fingerprint density at radius 1 is 0.310 bits per heavy atom. The summed E-state index contributed by atoms with van der Waals surface area (Å²) >= 11 is 0. The number of unbranched alkanes of at least 4 members (excludes halogenated alkanes) is 6. The summed E-state index contributed by atoms with van der Waals surface area (Å²) < 4.78 is 20.2. The van der Waals surface area contributed by atoms with Gasteiger partial charge in [0.1, 0.15) is 18.3 Å². The first-order valence-electron chi connectivity index (χ1n) is 30.5. The van der Waals surface area contributed by atoms with Crippen LogP contribution in [0, 0.1) is 0 Å². The minimum Gasteiger partial charge on any atom is -0.439 e. The predicted octanol–water partition coefficient (Wildman–Crippen LogP) is 13.6. The van der Waals surface area contributed by atoms with Crippen LogP contribution in [0.2, 0.25) is 0 Å². The van der Waals surface area contributed by atoms with Crippen molar-refractivity contribution in [2.24, 2.45) is 0 Å². The number of ketones is 3. The fourth-order valence-electron chi connectivity index (χ4n) is 11.2. The van der Waals surface area contributed by atoms with Gasteiger partial charge in [-0.15, -0.1) is 0 Å². The largest absolute Gasteiger partial charge is 0.439 e. The molecule has 6 aromatic carbocycles. The van der Waals surface area contributed by atoms with Crippen molar-refractivity contribution in [1.82, 2.24) is 0 Å². The van der Waals surface area contributed by atoms with E-state index >= 15 is 28.8 Å². The van der Waals surface area contributed by atoms with E-state index in [0.717, 1.165) is 110 Å². The Morgan fingerprint density at radius 2 is 0.512 bits per heavy atom. The summed E-state index contributed by atoms with van der Waals surface area (Å²) in [6, 6.07) is 36.8. The zero-order chi connectivity index (χ0) is 60.4. The summed E-state index contributed by atoms with van der Waals surface area (Å²) in [5.41, 5.74) is -8.42. The lowest BCUT2D eigenvalue weighted by Gasteiger charge is -2.60. The van der Waals surface area contributed by atoms with Crippen LogP contribution in [-0.4, -0.2) is 85.7 Å². The van der Waals surface area contributed by atoms with Crippen LogP contribution < -0.4 is 0 Å². The van der Waals surface area contributed by atoms with Gasteiger partial charge in [-0.1, -0.05) is 189 Å². The van der Waals surface area contributed by atoms with E-state index in [0.29, 0.717) is 38.5 Å². The third-order valence-corrected chi connectivity index (χ3v) is 16.4. The molecule has 6 atom stereocenters. The SMILES string of the molecule is CCCCc1ccc(C(=O)O[C@@]2(C(=O)c3ccc(CCCC)cc3)[C@@](OC(=O)c3ccc(CCCC)cc3)(C(=O)c3ccc(CCCC)cc3)[C@@H](O)[C@H](O)[C@@H](O)[C@@]2(OC(=O)c2ccc(CCCC)cc2)C(=O)c2ccc(CCCC)cc2)cc1. The zero-order valence-corrected chi connectivity index (χ0v) is 49.8. The molecule has 84 heavy (non-hydrogen) atoms. The molecular weight excluding hydrogens is 1060 g/mol. The van der Waals surface area contributed by atoms with Crippen molar-refractivity contribution in [3.05, 3.63) is 212 Å². The van der Waals surface area contributed by atoms with Gasteiger partial charge in [-0.2, -0.15) is 0 Å². The Bertz CT molecular complexity index is 3000. The second kappa shape index (κ2) is 29.9. The number of benzene rings is 6. The van der Waals surface area contributed by atoms with Gasteiger partial charge in [-0.25, -0.2) is 14.4 Å². The van der Waals surface area contributed by atoms with E-state index in [1.54, 1.807) is 72.8 Å². The summed E-state index contributed by atoms with van der Waals surface area (Å²) in [4.78, 5) is 98.2. The zero-order valence-electron chi connectivity index (χ0n) is 49.8.